The Morgan fingerprint density at radius 3 is 2.92 bits per heavy atom. The summed E-state index contributed by atoms with van der Waals surface area (Å²) in [5.74, 6) is 0.426. The Hall–Kier alpha value is -0.890. The molecule has 2 N–H and O–H groups in total. The summed E-state index contributed by atoms with van der Waals surface area (Å²) in [5, 5.41) is 12.7. The van der Waals surface area contributed by atoms with Gasteiger partial charge in [-0.15, -0.1) is 12.4 Å². The number of halogens is 1. The third-order valence-electron chi connectivity index (χ3n) is 2.07. The molecule has 0 unspecified atom stereocenters. The van der Waals surface area contributed by atoms with Crippen LogP contribution in [0.4, 0.5) is 5.69 Å². The van der Waals surface area contributed by atoms with Gasteiger partial charge in [-0.2, -0.15) is 0 Å². The minimum atomic E-state index is 0. The molecule has 0 aliphatic carbocycles. The lowest BCUT2D eigenvalue weighted by atomic mass is 10.0. The van der Waals surface area contributed by atoms with Crippen LogP contribution in [-0.2, 0) is 6.42 Å². The molecule has 0 amide bonds. The zero-order valence-corrected chi connectivity index (χ0v) is 7.53. The van der Waals surface area contributed by atoms with E-state index in [2.05, 4.69) is 5.32 Å². The van der Waals surface area contributed by atoms with Crippen molar-refractivity contribution in [1.82, 2.24) is 0 Å². The van der Waals surface area contributed by atoms with Gasteiger partial charge in [-0.25, -0.2) is 0 Å². The molecule has 1 aromatic rings. The van der Waals surface area contributed by atoms with Crippen molar-refractivity contribution in [3.63, 3.8) is 0 Å². The fraction of sp³-hybridized carbons (Fsp3) is 0.333. The zero-order valence-electron chi connectivity index (χ0n) is 6.71. The average molecular weight is 186 g/mol. The number of phenolic OH excluding ortho intramolecular Hbond substituents is 1. The van der Waals surface area contributed by atoms with E-state index in [9.17, 15) is 5.11 Å². The maximum atomic E-state index is 9.42. The molecule has 1 aromatic carbocycles. The second kappa shape index (κ2) is 3.68. The summed E-state index contributed by atoms with van der Waals surface area (Å²) < 4.78 is 0. The predicted molar refractivity (Wildman–Crippen MR) is 52.2 cm³/mol. The van der Waals surface area contributed by atoms with Crippen molar-refractivity contribution in [3.8, 4) is 5.75 Å². The number of aromatic hydroxyl groups is 1. The van der Waals surface area contributed by atoms with E-state index in [4.69, 9.17) is 0 Å². The maximum Gasteiger partial charge on any atom is 0.120 e. The summed E-state index contributed by atoms with van der Waals surface area (Å²) in [4.78, 5) is 0. The number of nitrogens with one attached hydrogen (secondary N) is 1. The van der Waals surface area contributed by atoms with E-state index in [-0.39, 0.29) is 12.4 Å². The molecule has 0 bridgehead atoms. The molecule has 0 saturated heterocycles. The van der Waals surface area contributed by atoms with Crippen molar-refractivity contribution >= 4 is 18.1 Å². The number of hydrogen-bond acceptors (Lipinski definition) is 2. The minimum absolute atomic E-state index is 0. The first-order chi connectivity index (χ1) is 5.38. The summed E-state index contributed by atoms with van der Waals surface area (Å²) in [6.07, 6.45) is 2.11. The lowest BCUT2D eigenvalue weighted by Gasteiger charge is -2.18. The highest BCUT2D eigenvalue weighted by atomic mass is 35.5. The Kier molecular flexibility index (Phi) is 2.82. The SMILES string of the molecule is Cl.Oc1cccc2c1CCCN2. The molecule has 2 nitrogen and oxygen atoms in total. The number of phenols is 1. The van der Waals surface area contributed by atoms with E-state index in [1.807, 2.05) is 12.1 Å². The van der Waals surface area contributed by atoms with Crippen LogP contribution in [0.2, 0.25) is 0 Å². The molecule has 0 fully saturated rings. The van der Waals surface area contributed by atoms with Gasteiger partial charge in [0.05, 0.1) is 0 Å². The van der Waals surface area contributed by atoms with Crippen molar-refractivity contribution in [2.75, 3.05) is 11.9 Å². The van der Waals surface area contributed by atoms with Crippen LogP contribution in [0.25, 0.3) is 0 Å². The topological polar surface area (TPSA) is 32.3 Å². The van der Waals surface area contributed by atoms with E-state index in [0.717, 1.165) is 30.6 Å². The van der Waals surface area contributed by atoms with Gasteiger partial charge in [-0.05, 0) is 25.0 Å². The Morgan fingerprint density at radius 2 is 2.17 bits per heavy atom. The fourth-order valence-corrected chi connectivity index (χ4v) is 1.49. The second-order valence-corrected chi connectivity index (χ2v) is 2.83. The standard InChI is InChI=1S/C9H11NO.ClH/c11-9-5-1-4-8-7(9)3-2-6-10-8;/h1,4-5,10-11H,2-3,6H2;1H. The molecule has 66 valence electrons. The van der Waals surface area contributed by atoms with Gasteiger partial charge in [0.25, 0.3) is 0 Å². The first kappa shape index (κ1) is 9.20. The third-order valence-corrected chi connectivity index (χ3v) is 2.07. The molecular weight excluding hydrogens is 174 g/mol. The van der Waals surface area contributed by atoms with E-state index < -0.39 is 0 Å². The summed E-state index contributed by atoms with van der Waals surface area (Å²) in [6, 6.07) is 5.62. The van der Waals surface area contributed by atoms with Crippen LogP contribution in [-0.4, -0.2) is 11.7 Å². The van der Waals surface area contributed by atoms with Crippen LogP contribution in [0.1, 0.15) is 12.0 Å². The van der Waals surface area contributed by atoms with Gasteiger partial charge < -0.3 is 10.4 Å². The average Bonchev–Trinajstić information content (AvgIpc) is 2.06. The van der Waals surface area contributed by atoms with Gasteiger partial charge in [-0.1, -0.05) is 6.07 Å². The van der Waals surface area contributed by atoms with Gasteiger partial charge in [0.15, 0.2) is 0 Å². The van der Waals surface area contributed by atoms with Crippen LogP contribution in [0.3, 0.4) is 0 Å². The lowest BCUT2D eigenvalue weighted by molar-refractivity contribution is 0.466. The van der Waals surface area contributed by atoms with E-state index >= 15 is 0 Å². The van der Waals surface area contributed by atoms with Crippen LogP contribution in [0.15, 0.2) is 18.2 Å². The maximum absolute atomic E-state index is 9.42. The molecule has 12 heavy (non-hydrogen) atoms. The number of rotatable bonds is 0. The molecule has 0 saturated carbocycles. The Morgan fingerprint density at radius 1 is 1.33 bits per heavy atom. The van der Waals surface area contributed by atoms with Gasteiger partial charge in [0.2, 0.25) is 0 Å². The number of hydrogen-bond donors (Lipinski definition) is 2. The predicted octanol–water partition coefficient (Wildman–Crippen LogP) is 2.17. The molecule has 2 rings (SSSR count). The molecular formula is C9H12ClNO. The molecule has 0 radical (unpaired) electrons. The molecule has 3 heteroatoms. The minimum Gasteiger partial charge on any atom is -0.508 e. The summed E-state index contributed by atoms with van der Waals surface area (Å²) >= 11 is 0. The number of anilines is 1. The second-order valence-electron chi connectivity index (χ2n) is 2.83. The largest absolute Gasteiger partial charge is 0.508 e. The quantitative estimate of drug-likeness (QED) is 0.650. The highest BCUT2D eigenvalue weighted by Crippen LogP contribution is 2.29. The fourth-order valence-electron chi connectivity index (χ4n) is 1.49. The zero-order chi connectivity index (χ0) is 7.68. The molecule has 0 spiro atoms. The summed E-state index contributed by atoms with van der Waals surface area (Å²) in [7, 11) is 0. The van der Waals surface area contributed by atoms with Gasteiger partial charge >= 0.3 is 0 Å². The Bertz CT molecular complexity index is 275. The first-order valence-corrected chi connectivity index (χ1v) is 3.92. The summed E-state index contributed by atoms with van der Waals surface area (Å²) in [5.41, 5.74) is 2.16. The first-order valence-electron chi connectivity index (χ1n) is 3.92. The molecule has 1 heterocycles. The number of fused-ring (bicyclic) bond motifs is 1. The smallest absolute Gasteiger partial charge is 0.120 e. The summed E-state index contributed by atoms with van der Waals surface area (Å²) in [6.45, 7) is 1.02. The van der Waals surface area contributed by atoms with E-state index in [1.54, 1.807) is 6.07 Å². The van der Waals surface area contributed by atoms with Crippen LogP contribution < -0.4 is 5.32 Å². The number of benzene rings is 1. The third kappa shape index (κ3) is 1.48. The van der Waals surface area contributed by atoms with Crippen LogP contribution in [0.5, 0.6) is 5.75 Å². The highest BCUT2D eigenvalue weighted by Gasteiger charge is 2.10. The van der Waals surface area contributed by atoms with Crippen molar-refractivity contribution in [1.29, 1.82) is 0 Å². The van der Waals surface area contributed by atoms with Crippen molar-refractivity contribution in [3.05, 3.63) is 23.8 Å². The van der Waals surface area contributed by atoms with Gasteiger partial charge in [0.1, 0.15) is 5.75 Å². The van der Waals surface area contributed by atoms with Crippen molar-refractivity contribution in [2.24, 2.45) is 0 Å². The lowest BCUT2D eigenvalue weighted by Crippen LogP contribution is -2.11. The molecule has 0 atom stereocenters. The Balaban J connectivity index is 0.000000720. The molecule has 1 aliphatic rings. The Labute approximate surface area is 78.0 Å². The van der Waals surface area contributed by atoms with E-state index in [0.29, 0.717) is 5.75 Å². The van der Waals surface area contributed by atoms with Crippen LogP contribution in [0, 0.1) is 0 Å². The highest BCUT2D eigenvalue weighted by molar-refractivity contribution is 5.85. The normalized spacial score (nSPS) is 14.0. The molecule has 1 aliphatic heterocycles. The monoisotopic (exact) mass is 185 g/mol. The van der Waals surface area contributed by atoms with Crippen molar-refractivity contribution < 1.29 is 5.11 Å². The molecule has 0 aromatic heterocycles. The van der Waals surface area contributed by atoms with Gasteiger partial charge in [0, 0.05) is 17.8 Å². The van der Waals surface area contributed by atoms with Crippen LogP contribution >= 0.6 is 12.4 Å². The van der Waals surface area contributed by atoms with E-state index in [1.165, 1.54) is 0 Å². The van der Waals surface area contributed by atoms with Crippen molar-refractivity contribution in [2.45, 2.75) is 12.8 Å². The van der Waals surface area contributed by atoms with Gasteiger partial charge in [-0.3, -0.25) is 0 Å².